The smallest absolute Gasteiger partial charge is 0.379 e. The molecule has 2 heterocycles. The average Bonchev–Trinajstić information content (AvgIpc) is 2.49. The number of alkyl halides is 3. The highest BCUT2D eigenvalue weighted by molar-refractivity contribution is 5.77. The van der Waals surface area contributed by atoms with E-state index < -0.39 is 25.3 Å². The molecular formula is C13H17F3N4O3. The Hall–Kier alpha value is -1.94. The molecule has 0 bridgehead atoms. The van der Waals surface area contributed by atoms with Crippen LogP contribution in [0, 0.1) is 0 Å². The van der Waals surface area contributed by atoms with Crippen LogP contribution in [0.1, 0.15) is 6.42 Å². The van der Waals surface area contributed by atoms with Crippen molar-refractivity contribution in [2.24, 2.45) is 0 Å². The summed E-state index contributed by atoms with van der Waals surface area (Å²) in [6, 6.07) is 1.13. The molecule has 1 saturated heterocycles. The van der Waals surface area contributed by atoms with E-state index in [9.17, 15) is 18.0 Å². The summed E-state index contributed by atoms with van der Waals surface area (Å²) < 4.78 is 45.6. The summed E-state index contributed by atoms with van der Waals surface area (Å²) in [6.07, 6.45) is -0.966. The molecule has 0 radical (unpaired) electrons. The van der Waals surface area contributed by atoms with Gasteiger partial charge in [0.2, 0.25) is 5.91 Å². The van der Waals surface area contributed by atoms with Gasteiger partial charge >= 0.3 is 6.18 Å². The van der Waals surface area contributed by atoms with Crippen LogP contribution in [0.3, 0.4) is 0 Å². The summed E-state index contributed by atoms with van der Waals surface area (Å²) >= 11 is 0. The number of nitrogens with one attached hydrogen (secondary N) is 2. The second-order valence-electron chi connectivity index (χ2n) is 4.99. The largest absolute Gasteiger partial charge is 0.411 e. The third kappa shape index (κ3) is 6.37. The SMILES string of the molecule is O=C(COCC(F)(F)F)N[C@H]1CCOC[C@H]1Nc1ccncn1. The third-order valence-electron chi connectivity index (χ3n) is 3.12. The van der Waals surface area contributed by atoms with Gasteiger partial charge in [-0.1, -0.05) is 0 Å². The summed E-state index contributed by atoms with van der Waals surface area (Å²) in [5.74, 6) is -0.0290. The first-order valence-electron chi connectivity index (χ1n) is 6.98. The maximum Gasteiger partial charge on any atom is 0.411 e. The zero-order valence-electron chi connectivity index (χ0n) is 12.2. The minimum Gasteiger partial charge on any atom is -0.379 e. The van der Waals surface area contributed by atoms with E-state index in [1.165, 1.54) is 6.33 Å². The molecule has 7 nitrogen and oxygen atoms in total. The number of anilines is 1. The van der Waals surface area contributed by atoms with Gasteiger partial charge in [0.1, 0.15) is 25.4 Å². The number of carbonyl (C=O) groups excluding carboxylic acids is 1. The predicted octanol–water partition coefficient (Wildman–Crippen LogP) is 0.741. The number of hydrogen-bond acceptors (Lipinski definition) is 6. The van der Waals surface area contributed by atoms with E-state index in [1.54, 1.807) is 12.3 Å². The van der Waals surface area contributed by atoms with Crippen LogP contribution in [0.4, 0.5) is 19.0 Å². The van der Waals surface area contributed by atoms with Crippen molar-refractivity contribution < 1.29 is 27.4 Å². The van der Waals surface area contributed by atoms with Gasteiger partial charge in [-0.2, -0.15) is 13.2 Å². The van der Waals surface area contributed by atoms with Crippen molar-refractivity contribution >= 4 is 11.7 Å². The molecule has 0 unspecified atom stereocenters. The van der Waals surface area contributed by atoms with Gasteiger partial charge in [-0.15, -0.1) is 0 Å². The Morgan fingerprint density at radius 2 is 2.26 bits per heavy atom. The van der Waals surface area contributed by atoms with Crippen molar-refractivity contribution in [3.63, 3.8) is 0 Å². The Kier molecular flexibility index (Phi) is 6.11. The van der Waals surface area contributed by atoms with Crippen molar-refractivity contribution in [1.82, 2.24) is 15.3 Å². The predicted molar refractivity (Wildman–Crippen MR) is 73.7 cm³/mol. The monoisotopic (exact) mass is 334 g/mol. The number of carbonyl (C=O) groups is 1. The van der Waals surface area contributed by atoms with Gasteiger partial charge in [0, 0.05) is 12.8 Å². The van der Waals surface area contributed by atoms with E-state index in [0.29, 0.717) is 25.5 Å². The Balaban J connectivity index is 1.82. The Morgan fingerprint density at radius 1 is 1.43 bits per heavy atom. The molecule has 1 aliphatic heterocycles. The van der Waals surface area contributed by atoms with E-state index in [4.69, 9.17) is 4.74 Å². The molecule has 0 aliphatic carbocycles. The normalized spacial score (nSPS) is 21.7. The number of nitrogens with zero attached hydrogens (tertiary/aromatic N) is 2. The highest BCUT2D eigenvalue weighted by Gasteiger charge is 2.29. The zero-order chi connectivity index (χ0) is 16.7. The number of rotatable bonds is 6. The molecular weight excluding hydrogens is 317 g/mol. The lowest BCUT2D eigenvalue weighted by Gasteiger charge is -2.33. The van der Waals surface area contributed by atoms with Crippen molar-refractivity contribution in [2.75, 3.05) is 31.7 Å². The van der Waals surface area contributed by atoms with Crippen LogP contribution in [-0.4, -0.2) is 60.6 Å². The zero-order valence-corrected chi connectivity index (χ0v) is 12.2. The molecule has 1 aromatic heterocycles. The number of amides is 1. The van der Waals surface area contributed by atoms with Gasteiger partial charge in [-0.25, -0.2) is 9.97 Å². The number of ether oxygens (including phenoxy) is 2. The molecule has 1 amide bonds. The maximum absolute atomic E-state index is 12.0. The highest BCUT2D eigenvalue weighted by atomic mass is 19.4. The van der Waals surface area contributed by atoms with Gasteiger partial charge in [0.05, 0.1) is 18.7 Å². The molecule has 1 aromatic rings. The topological polar surface area (TPSA) is 85.4 Å². The molecule has 2 rings (SSSR count). The van der Waals surface area contributed by atoms with Crippen LogP contribution in [0.25, 0.3) is 0 Å². The fraction of sp³-hybridized carbons (Fsp3) is 0.615. The van der Waals surface area contributed by atoms with E-state index in [0.717, 1.165) is 0 Å². The van der Waals surface area contributed by atoms with Gasteiger partial charge in [-0.05, 0) is 12.5 Å². The summed E-state index contributed by atoms with van der Waals surface area (Å²) in [5, 5.41) is 5.76. The van der Waals surface area contributed by atoms with Crippen molar-refractivity contribution in [3.05, 3.63) is 18.6 Å². The van der Waals surface area contributed by atoms with Gasteiger partial charge in [0.15, 0.2) is 0 Å². The Bertz CT molecular complexity index is 501. The van der Waals surface area contributed by atoms with E-state index in [-0.39, 0.29) is 12.1 Å². The third-order valence-corrected chi connectivity index (χ3v) is 3.12. The average molecular weight is 334 g/mol. The summed E-state index contributed by atoms with van der Waals surface area (Å²) in [4.78, 5) is 19.5. The number of halogens is 3. The quantitative estimate of drug-likeness (QED) is 0.798. The molecule has 0 saturated carbocycles. The van der Waals surface area contributed by atoms with Crippen LogP contribution < -0.4 is 10.6 Å². The first kappa shape index (κ1) is 17.4. The Labute approximate surface area is 130 Å². The minimum atomic E-state index is -4.45. The molecule has 23 heavy (non-hydrogen) atoms. The lowest BCUT2D eigenvalue weighted by atomic mass is 10.0. The fourth-order valence-corrected chi connectivity index (χ4v) is 2.13. The van der Waals surface area contributed by atoms with Gasteiger partial charge in [-0.3, -0.25) is 4.79 Å². The molecule has 128 valence electrons. The summed E-state index contributed by atoms with van der Waals surface area (Å²) in [6.45, 7) is -1.29. The van der Waals surface area contributed by atoms with Crippen LogP contribution in [0.5, 0.6) is 0 Å². The van der Waals surface area contributed by atoms with Gasteiger partial charge in [0.25, 0.3) is 0 Å². The number of aromatic nitrogens is 2. The molecule has 1 aliphatic rings. The molecule has 1 fully saturated rings. The Morgan fingerprint density at radius 3 is 2.96 bits per heavy atom. The van der Waals surface area contributed by atoms with E-state index in [1.807, 2.05) is 0 Å². The highest BCUT2D eigenvalue weighted by Crippen LogP contribution is 2.15. The van der Waals surface area contributed by atoms with Crippen molar-refractivity contribution in [2.45, 2.75) is 24.7 Å². The fourth-order valence-electron chi connectivity index (χ4n) is 2.13. The number of hydrogen-bond donors (Lipinski definition) is 2. The van der Waals surface area contributed by atoms with Crippen LogP contribution in [0.2, 0.25) is 0 Å². The summed E-state index contributed by atoms with van der Waals surface area (Å²) in [5.41, 5.74) is 0. The molecule has 10 heteroatoms. The molecule has 2 atom stereocenters. The van der Waals surface area contributed by atoms with Crippen LogP contribution in [0.15, 0.2) is 18.6 Å². The molecule has 0 aromatic carbocycles. The van der Waals surface area contributed by atoms with Crippen LogP contribution >= 0.6 is 0 Å². The maximum atomic E-state index is 12.0. The second kappa shape index (κ2) is 8.06. The lowest BCUT2D eigenvalue weighted by molar-refractivity contribution is -0.175. The first-order chi connectivity index (χ1) is 10.9. The van der Waals surface area contributed by atoms with Gasteiger partial charge < -0.3 is 20.1 Å². The van der Waals surface area contributed by atoms with Crippen LogP contribution in [-0.2, 0) is 14.3 Å². The van der Waals surface area contributed by atoms with E-state index in [2.05, 4.69) is 25.3 Å². The van der Waals surface area contributed by atoms with Crippen molar-refractivity contribution in [3.8, 4) is 0 Å². The lowest BCUT2D eigenvalue weighted by Crippen LogP contribution is -2.53. The summed E-state index contributed by atoms with van der Waals surface area (Å²) in [7, 11) is 0. The van der Waals surface area contributed by atoms with E-state index >= 15 is 0 Å². The molecule has 0 spiro atoms. The molecule has 2 N–H and O–H groups in total. The van der Waals surface area contributed by atoms with Crippen molar-refractivity contribution in [1.29, 1.82) is 0 Å². The second-order valence-corrected chi connectivity index (χ2v) is 4.99. The first-order valence-corrected chi connectivity index (χ1v) is 6.98. The standard InChI is InChI=1S/C13H17F3N4O3/c14-13(15,16)7-23-6-12(21)20-9-2-4-22-5-10(9)19-11-1-3-17-8-18-11/h1,3,8-10H,2,4-7H2,(H,20,21)(H,17,18,19)/t9-,10+/m0/s1. The minimum absolute atomic E-state index is 0.245.